The SMILES string of the molecule is N#CCCC(CCC=O)C1Oc2ccccc2O1. The molecule has 0 radical (unpaired) electrons. The van der Waals surface area contributed by atoms with Crippen molar-refractivity contribution in [2.45, 2.75) is 32.0 Å². The molecule has 0 saturated heterocycles. The van der Waals surface area contributed by atoms with Crippen molar-refractivity contribution in [3.8, 4) is 17.6 Å². The first-order valence-electron chi connectivity index (χ1n) is 6.08. The highest BCUT2D eigenvalue weighted by Gasteiger charge is 2.31. The average Bonchev–Trinajstić information content (AvgIpc) is 2.82. The first kappa shape index (κ1) is 12.4. The van der Waals surface area contributed by atoms with E-state index < -0.39 is 0 Å². The maximum atomic E-state index is 10.5. The highest BCUT2D eigenvalue weighted by molar-refractivity contribution is 5.49. The molecule has 0 aliphatic carbocycles. The van der Waals surface area contributed by atoms with Gasteiger partial charge in [-0.1, -0.05) is 12.1 Å². The third kappa shape index (κ3) is 2.80. The summed E-state index contributed by atoms with van der Waals surface area (Å²) in [5.41, 5.74) is 0. The van der Waals surface area contributed by atoms with Crippen LogP contribution in [-0.2, 0) is 4.79 Å². The van der Waals surface area contributed by atoms with Gasteiger partial charge in [0.05, 0.1) is 6.07 Å². The first-order chi connectivity index (χ1) is 8.85. The molecular formula is C14H15NO3. The zero-order valence-electron chi connectivity index (χ0n) is 10.0. The van der Waals surface area contributed by atoms with Crippen molar-refractivity contribution in [3.63, 3.8) is 0 Å². The molecule has 4 nitrogen and oxygen atoms in total. The smallest absolute Gasteiger partial charge is 0.244 e. The van der Waals surface area contributed by atoms with E-state index in [4.69, 9.17) is 14.7 Å². The molecule has 0 amide bonds. The zero-order valence-corrected chi connectivity index (χ0v) is 10.0. The third-order valence-corrected chi connectivity index (χ3v) is 3.00. The van der Waals surface area contributed by atoms with E-state index in [0.717, 1.165) is 17.8 Å². The second-order valence-corrected chi connectivity index (χ2v) is 4.25. The topological polar surface area (TPSA) is 59.3 Å². The number of hydrogen-bond donors (Lipinski definition) is 0. The van der Waals surface area contributed by atoms with Crippen LogP contribution < -0.4 is 9.47 Å². The number of nitriles is 1. The summed E-state index contributed by atoms with van der Waals surface area (Å²) in [6, 6.07) is 9.61. The Morgan fingerprint density at radius 2 is 1.94 bits per heavy atom. The maximum absolute atomic E-state index is 10.5. The number of aldehydes is 1. The Labute approximate surface area is 106 Å². The summed E-state index contributed by atoms with van der Waals surface area (Å²) in [4.78, 5) is 10.5. The molecule has 0 bridgehead atoms. The van der Waals surface area contributed by atoms with Crippen LogP contribution >= 0.6 is 0 Å². The predicted octanol–water partition coefficient (Wildman–Crippen LogP) is 2.68. The van der Waals surface area contributed by atoms with Crippen LogP contribution in [-0.4, -0.2) is 12.6 Å². The van der Waals surface area contributed by atoms with Crippen LogP contribution in [0.4, 0.5) is 0 Å². The van der Waals surface area contributed by atoms with Crippen molar-refractivity contribution in [2.75, 3.05) is 0 Å². The van der Waals surface area contributed by atoms with Crippen molar-refractivity contribution in [2.24, 2.45) is 5.92 Å². The van der Waals surface area contributed by atoms with E-state index in [9.17, 15) is 4.79 Å². The van der Waals surface area contributed by atoms with Crippen LogP contribution in [0.1, 0.15) is 25.7 Å². The van der Waals surface area contributed by atoms with Gasteiger partial charge < -0.3 is 14.3 Å². The molecule has 1 aromatic carbocycles. The lowest BCUT2D eigenvalue weighted by molar-refractivity contribution is -0.108. The van der Waals surface area contributed by atoms with Gasteiger partial charge in [-0.25, -0.2) is 0 Å². The standard InChI is InChI=1S/C14H15NO3/c15-9-3-5-11(6-4-10-16)14-17-12-7-1-2-8-13(12)18-14/h1-2,7-8,10-11,14H,3-6H2. The van der Waals surface area contributed by atoms with Gasteiger partial charge in [0.2, 0.25) is 6.29 Å². The molecule has 94 valence electrons. The van der Waals surface area contributed by atoms with Crippen molar-refractivity contribution >= 4 is 6.29 Å². The molecule has 0 spiro atoms. The molecule has 1 heterocycles. The summed E-state index contributed by atoms with van der Waals surface area (Å²) in [6.07, 6.45) is 2.79. The van der Waals surface area contributed by atoms with Gasteiger partial charge in [-0.2, -0.15) is 5.26 Å². The molecule has 0 fully saturated rings. The van der Waals surface area contributed by atoms with E-state index in [0.29, 0.717) is 25.7 Å². The van der Waals surface area contributed by atoms with Gasteiger partial charge in [0.15, 0.2) is 11.5 Å². The van der Waals surface area contributed by atoms with Crippen molar-refractivity contribution < 1.29 is 14.3 Å². The van der Waals surface area contributed by atoms with E-state index >= 15 is 0 Å². The molecule has 1 unspecified atom stereocenters. The number of nitrogens with zero attached hydrogens (tertiary/aromatic N) is 1. The molecule has 1 aromatic rings. The van der Waals surface area contributed by atoms with Gasteiger partial charge >= 0.3 is 0 Å². The third-order valence-electron chi connectivity index (χ3n) is 3.00. The van der Waals surface area contributed by atoms with E-state index in [2.05, 4.69) is 6.07 Å². The summed E-state index contributed by atoms with van der Waals surface area (Å²) >= 11 is 0. The molecule has 1 atom stereocenters. The fourth-order valence-electron chi connectivity index (χ4n) is 2.06. The number of hydrogen-bond acceptors (Lipinski definition) is 4. The Morgan fingerprint density at radius 3 is 2.50 bits per heavy atom. The second kappa shape index (κ2) is 6.06. The number of ether oxygens (including phenoxy) is 2. The minimum Gasteiger partial charge on any atom is -0.451 e. The molecule has 0 aromatic heterocycles. The summed E-state index contributed by atoms with van der Waals surface area (Å²) in [5, 5.41) is 8.66. The number of rotatable bonds is 6. The monoisotopic (exact) mass is 245 g/mol. The first-order valence-corrected chi connectivity index (χ1v) is 6.08. The van der Waals surface area contributed by atoms with Gasteiger partial charge in [-0.15, -0.1) is 0 Å². The molecule has 0 saturated carbocycles. The van der Waals surface area contributed by atoms with E-state index in [1.165, 1.54) is 0 Å². The summed E-state index contributed by atoms with van der Waals surface area (Å²) in [7, 11) is 0. The number of carbonyl (C=O) groups is 1. The Morgan fingerprint density at radius 1 is 1.28 bits per heavy atom. The fourth-order valence-corrected chi connectivity index (χ4v) is 2.06. The second-order valence-electron chi connectivity index (χ2n) is 4.25. The molecule has 1 aliphatic rings. The van der Waals surface area contributed by atoms with Gasteiger partial charge in [0.25, 0.3) is 0 Å². The normalized spacial score (nSPS) is 15.1. The predicted molar refractivity (Wildman–Crippen MR) is 65.1 cm³/mol. The molecule has 0 N–H and O–H groups in total. The Hall–Kier alpha value is -2.02. The number of fused-ring (bicyclic) bond motifs is 1. The quantitative estimate of drug-likeness (QED) is 0.723. The lowest BCUT2D eigenvalue weighted by Crippen LogP contribution is -2.29. The lowest BCUT2D eigenvalue weighted by atomic mass is 9.97. The van der Waals surface area contributed by atoms with Crippen LogP contribution in [0.15, 0.2) is 24.3 Å². The van der Waals surface area contributed by atoms with Gasteiger partial charge in [0, 0.05) is 18.8 Å². The molecule has 4 heteroatoms. The van der Waals surface area contributed by atoms with Crippen molar-refractivity contribution in [1.82, 2.24) is 0 Å². The summed E-state index contributed by atoms with van der Waals surface area (Å²) in [6.45, 7) is 0. The van der Waals surface area contributed by atoms with Crippen LogP contribution in [0.3, 0.4) is 0 Å². The zero-order chi connectivity index (χ0) is 12.8. The Bertz CT molecular complexity index is 428. The van der Waals surface area contributed by atoms with Crippen LogP contribution in [0.5, 0.6) is 11.5 Å². The number of benzene rings is 1. The van der Waals surface area contributed by atoms with Gasteiger partial charge in [-0.05, 0) is 25.0 Å². The van der Waals surface area contributed by atoms with E-state index in [-0.39, 0.29) is 12.2 Å². The number of carbonyl (C=O) groups excluding carboxylic acids is 1. The van der Waals surface area contributed by atoms with Crippen molar-refractivity contribution in [1.29, 1.82) is 5.26 Å². The fraction of sp³-hybridized carbons (Fsp3) is 0.429. The van der Waals surface area contributed by atoms with E-state index in [1.54, 1.807) is 0 Å². The highest BCUT2D eigenvalue weighted by atomic mass is 16.7. The van der Waals surface area contributed by atoms with Gasteiger partial charge in [0.1, 0.15) is 6.29 Å². The van der Waals surface area contributed by atoms with Crippen LogP contribution in [0.25, 0.3) is 0 Å². The molecular weight excluding hydrogens is 230 g/mol. The molecule has 18 heavy (non-hydrogen) atoms. The maximum Gasteiger partial charge on any atom is 0.244 e. The Balaban J connectivity index is 2.00. The summed E-state index contributed by atoms with van der Waals surface area (Å²) < 4.78 is 11.4. The highest BCUT2D eigenvalue weighted by Crippen LogP contribution is 2.37. The van der Waals surface area contributed by atoms with Crippen LogP contribution in [0.2, 0.25) is 0 Å². The molecule has 2 rings (SSSR count). The minimum absolute atomic E-state index is 0.0715. The summed E-state index contributed by atoms with van der Waals surface area (Å²) in [5.74, 6) is 1.54. The van der Waals surface area contributed by atoms with Crippen LogP contribution in [0, 0.1) is 17.2 Å². The lowest BCUT2D eigenvalue weighted by Gasteiger charge is -2.20. The average molecular weight is 245 g/mol. The Kier molecular flexibility index (Phi) is 4.19. The minimum atomic E-state index is -0.379. The molecule has 1 aliphatic heterocycles. The van der Waals surface area contributed by atoms with Crippen molar-refractivity contribution in [3.05, 3.63) is 24.3 Å². The number of para-hydroxylation sites is 2. The largest absolute Gasteiger partial charge is 0.451 e. The van der Waals surface area contributed by atoms with Gasteiger partial charge in [-0.3, -0.25) is 0 Å². The van der Waals surface area contributed by atoms with E-state index in [1.807, 2.05) is 24.3 Å².